The summed E-state index contributed by atoms with van der Waals surface area (Å²) >= 11 is 3.06. The molecule has 2 heterocycles. The Bertz CT molecular complexity index is 716. The lowest BCUT2D eigenvalue weighted by molar-refractivity contribution is -0.121. The summed E-state index contributed by atoms with van der Waals surface area (Å²) in [6.45, 7) is 0.639. The van der Waals surface area contributed by atoms with Crippen molar-refractivity contribution in [3.05, 3.63) is 46.7 Å². The van der Waals surface area contributed by atoms with Gasteiger partial charge in [-0.3, -0.25) is 9.59 Å². The Balaban J connectivity index is 1.74. The fourth-order valence-corrected chi connectivity index (χ4v) is 4.05. The Kier molecular flexibility index (Phi) is 5.58. The molecule has 2 aromatic rings. The summed E-state index contributed by atoms with van der Waals surface area (Å²) < 4.78 is 0. The molecule has 1 saturated heterocycles. The molecule has 1 atom stereocenters. The van der Waals surface area contributed by atoms with Crippen LogP contribution in [-0.2, 0) is 4.79 Å². The number of nitrogens with one attached hydrogen (secondary N) is 1. The molecule has 1 aliphatic heterocycles. The van der Waals surface area contributed by atoms with Gasteiger partial charge in [0.25, 0.3) is 5.91 Å². The van der Waals surface area contributed by atoms with Gasteiger partial charge in [-0.1, -0.05) is 12.1 Å². The molecule has 0 unspecified atom stereocenters. The number of amides is 2. The molecule has 1 fully saturated rings. The summed E-state index contributed by atoms with van der Waals surface area (Å²) in [4.78, 5) is 28.9. The number of anilines is 1. The Morgan fingerprint density at radius 3 is 2.88 bits per heavy atom. The van der Waals surface area contributed by atoms with Crippen LogP contribution in [-0.4, -0.2) is 35.6 Å². The van der Waals surface area contributed by atoms with Crippen LogP contribution in [0, 0.1) is 0 Å². The van der Waals surface area contributed by atoms with Crippen LogP contribution in [0.4, 0.5) is 5.69 Å². The Morgan fingerprint density at radius 1 is 1.25 bits per heavy atom. The predicted molar refractivity (Wildman–Crippen MR) is 99.8 cm³/mol. The summed E-state index contributed by atoms with van der Waals surface area (Å²) in [6, 6.07) is 11.1. The highest BCUT2D eigenvalue weighted by atomic mass is 32.2. The number of piperidine rings is 1. The first-order valence-electron chi connectivity index (χ1n) is 7.98. The van der Waals surface area contributed by atoms with Gasteiger partial charge in [0.15, 0.2) is 0 Å². The van der Waals surface area contributed by atoms with Crippen molar-refractivity contribution >= 4 is 40.6 Å². The van der Waals surface area contributed by atoms with Gasteiger partial charge in [0.1, 0.15) is 6.04 Å². The van der Waals surface area contributed by atoms with Crippen molar-refractivity contribution in [1.29, 1.82) is 0 Å². The largest absolute Gasteiger partial charge is 0.326 e. The number of thiophene rings is 1. The maximum Gasteiger partial charge on any atom is 0.264 e. The van der Waals surface area contributed by atoms with Gasteiger partial charge < -0.3 is 10.2 Å². The number of rotatable bonds is 4. The summed E-state index contributed by atoms with van der Waals surface area (Å²) in [5.74, 6) is -0.138. The van der Waals surface area contributed by atoms with Gasteiger partial charge >= 0.3 is 0 Å². The van der Waals surface area contributed by atoms with Crippen LogP contribution in [0.3, 0.4) is 0 Å². The van der Waals surface area contributed by atoms with Crippen molar-refractivity contribution in [3.63, 3.8) is 0 Å². The minimum atomic E-state index is -0.397. The van der Waals surface area contributed by atoms with Crippen molar-refractivity contribution in [2.75, 3.05) is 18.1 Å². The molecule has 1 aromatic heterocycles. The van der Waals surface area contributed by atoms with Gasteiger partial charge in [-0.05, 0) is 55.2 Å². The molecule has 24 heavy (non-hydrogen) atoms. The minimum Gasteiger partial charge on any atom is -0.326 e. The van der Waals surface area contributed by atoms with Gasteiger partial charge in [0, 0.05) is 17.1 Å². The first kappa shape index (κ1) is 17.0. The Hall–Kier alpha value is -1.79. The fraction of sp³-hybridized carbons (Fsp3) is 0.333. The van der Waals surface area contributed by atoms with Gasteiger partial charge in [-0.25, -0.2) is 0 Å². The van der Waals surface area contributed by atoms with Gasteiger partial charge in [-0.2, -0.15) is 0 Å². The van der Waals surface area contributed by atoms with Crippen molar-refractivity contribution in [2.24, 2.45) is 0 Å². The molecule has 0 bridgehead atoms. The molecular formula is C18H20N2O2S2. The maximum atomic E-state index is 12.7. The fourth-order valence-electron chi connectivity index (χ4n) is 2.92. The van der Waals surface area contributed by atoms with Crippen molar-refractivity contribution < 1.29 is 9.59 Å². The number of hydrogen-bond acceptors (Lipinski definition) is 4. The molecule has 6 heteroatoms. The molecule has 1 aliphatic rings. The normalized spacial score (nSPS) is 17.5. The van der Waals surface area contributed by atoms with Gasteiger partial charge in [0.2, 0.25) is 5.91 Å². The zero-order valence-corrected chi connectivity index (χ0v) is 15.2. The molecule has 3 rings (SSSR count). The highest BCUT2D eigenvalue weighted by molar-refractivity contribution is 7.98. The summed E-state index contributed by atoms with van der Waals surface area (Å²) in [6.07, 6.45) is 4.63. The molecule has 0 aliphatic carbocycles. The van der Waals surface area contributed by atoms with Crippen LogP contribution < -0.4 is 5.32 Å². The maximum absolute atomic E-state index is 12.7. The number of likely N-dealkylation sites (tertiary alicyclic amines) is 1. The monoisotopic (exact) mass is 360 g/mol. The van der Waals surface area contributed by atoms with Crippen molar-refractivity contribution in [1.82, 2.24) is 4.90 Å². The van der Waals surface area contributed by atoms with Gasteiger partial charge in [0.05, 0.1) is 4.88 Å². The lowest BCUT2D eigenvalue weighted by atomic mass is 10.0. The molecule has 0 spiro atoms. The van der Waals surface area contributed by atoms with Crippen molar-refractivity contribution in [3.8, 4) is 0 Å². The third-order valence-corrected chi connectivity index (χ3v) is 5.72. The van der Waals surface area contributed by atoms with E-state index in [2.05, 4.69) is 5.32 Å². The lowest BCUT2D eigenvalue weighted by Gasteiger charge is -2.34. The van der Waals surface area contributed by atoms with Crippen LogP contribution in [0.1, 0.15) is 28.9 Å². The zero-order valence-electron chi connectivity index (χ0n) is 13.5. The number of carbonyl (C=O) groups excluding carboxylic acids is 2. The second-order valence-corrected chi connectivity index (χ2v) is 7.54. The van der Waals surface area contributed by atoms with E-state index in [9.17, 15) is 9.59 Å². The number of carbonyl (C=O) groups is 2. The molecule has 126 valence electrons. The zero-order chi connectivity index (χ0) is 16.9. The van der Waals surface area contributed by atoms with Crippen LogP contribution in [0.2, 0.25) is 0 Å². The topological polar surface area (TPSA) is 49.4 Å². The Labute approximate surface area is 150 Å². The summed E-state index contributed by atoms with van der Waals surface area (Å²) in [7, 11) is 0. The van der Waals surface area contributed by atoms with E-state index in [4.69, 9.17) is 0 Å². The highest BCUT2D eigenvalue weighted by Gasteiger charge is 2.33. The predicted octanol–water partition coefficient (Wildman–Crippen LogP) is 4.10. The third kappa shape index (κ3) is 3.82. The molecule has 1 N–H and O–H groups in total. The molecule has 0 radical (unpaired) electrons. The van der Waals surface area contributed by atoms with Crippen molar-refractivity contribution in [2.45, 2.75) is 30.2 Å². The number of benzene rings is 1. The molecular weight excluding hydrogens is 340 g/mol. The SMILES string of the molecule is CSc1cccc(NC(=O)[C@H]2CCCCN2C(=O)c2cccs2)c1. The second kappa shape index (κ2) is 7.85. The summed E-state index contributed by atoms with van der Waals surface area (Å²) in [5, 5.41) is 4.86. The first-order chi connectivity index (χ1) is 11.7. The average molecular weight is 361 g/mol. The summed E-state index contributed by atoms with van der Waals surface area (Å²) in [5.41, 5.74) is 0.779. The number of hydrogen-bond donors (Lipinski definition) is 1. The second-order valence-electron chi connectivity index (χ2n) is 5.71. The third-order valence-electron chi connectivity index (χ3n) is 4.14. The quantitative estimate of drug-likeness (QED) is 0.835. The molecule has 0 saturated carbocycles. The van der Waals surface area contributed by atoms with E-state index in [0.717, 1.165) is 23.4 Å². The van der Waals surface area contributed by atoms with Crippen LogP contribution in [0.15, 0.2) is 46.7 Å². The molecule has 2 amide bonds. The van der Waals surface area contributed by atoms with E-state index < -0.39 is 6.04 Å². The van der Waals surface area contributed by atoms with Crippen LogP contribution >= 0.6 is 23.1 Å². The standard InChI is InChI=1S/C18H20N2O2S2/c1-23-14-7-4-6-13(12-14)19-17(21)15-8-2-3-10-20(15)18(22)16-9-5-11-24-16/h4-7,9,11-12,15H,2-3,8,10H2,1H3,(H,19,21)/t15-/m1/s1. The van der Waals surface area contributed by atoms with E-state index >= 15 is 0 Å². The van der Waals surface area contributed by atoms with E-state index in [1.807, 2.05) is 48.0 Å². The van der Waals surface area contributed by atoms with Crippen LogP contribution in [0.5, 0.6) is 0 Å². The highest BCUT2D eigenvalue weighted by Crippen LogP contribution is 2.24. The smallest absolute Gasteiger partial charge is 0.264 e. The average Bonchev–Trinajstić information content (AvgIpc) is 3.16. The molecule has 4 nitrogen and oxygen atoms in total. The van der Waals surface area contributed by atoms with E-state index in [1.165, 1.54) is 11.3 Å². The molecule has 1 aromatic carbocycles. The van der Waals surface area contributed by atoms with Gasteiger partial charge in [-0.15, -0.1) is 23.1 Å². The number of thioether (sulfide) groups is 1. The Morgan fingerprint density at radius 2 is 2.12 bits per heavy atom. The van der Waals surface area contributed by atoms with E-state index in [-0.39, 0.29) is 11.8 Å². The first-order valence-corrected chi connectivity index (χ1v) is 10.1. The van der Waals surface area contributed by atoms with E-state index in [0.29, 0.717) is 17.8 Å². The minimum absolute atomic E-state index is 0.0392. The lowest BCUT2D eigenvalue weighted by Crippen LogP contribution is -2.49. The number of nitrogens with zero attached hydrogens (tertiary/aromatic N) is 1. The van der Waals surface area contributed by atoms with E-state index in [1.54, 1.807) is 16.7 Å². The van der Waals surface area contributed by atoms with Crippen LogP contribution in [0.25, 0.3) is 0 Å².